The van der Waals surface area contributed by atoms with Crippen molar-refractivity contribution >= 4 is 65.2 Å². The average molecular weight is 979 g/mol. The first-order chi connectivity index (χ1) is 38.2. The molecule has 3 aromatic heterocycles. The summed E-state index contributed by atoms with van der Waals surface area (Å²) in [6.07, 6.45) is 0. The van der Waals surface area contributed by atoms with E-state index in [-0.39, 0.29) is 5.92 Å². The van der Waals surface area contributed by atoms with Gasteiger partial charge in [-0.05, 0) is 114 Å². The Balaban J connectivity index is 0.882. The Hall–Kier alpha value is -10.2. The Morgan fingerprint density at radius 3 is 1.56 bits per heavy atom. The minimum Gasteiger partial charge on any atom is -0.309 e. The molecule has 0 saturated carbocycles. The maximum atomic E-state index is 5.58. The molecule has 0 saturated heterocycles. The molecule has 3 heterocycles. The van der Waals surface area contributed by atoms with E-state index in [2.05, 4.69) is 282 Å². The van der Waals surface area contributed by atoms with Crippen molar-refractivity contribution in [2.45, 2.75) is 5.92 Å². The van der Waals surface area contributed by atoms with Crippen LogP contribution < -0.4 is 0 Å². The molecular formula is C73H46N4. The van der Waals surface area contributed by atoms with Crippen LogP contribution in [0.1, 0.15) is 22.6 Å². The standard InChI is InChI=1S/C73H46N4/c1-2-17-46(18-3-1)47-35-37-48(38-36-47)51-23-14-24-53(43-51)76-67-34-13-11-30-62(67)72-68(76)42-41-63-70(60-28-8-9-29-61(60)71(63)72)52-39-40-59-58-27-10-12-33-66(58)77(69(59)44-52)73-74-64(56-31-15-21-49-19-4-6-25-54(49)56)45-65(75-73)57-32-16-22-50-20-5-7-26-55(50)57/h1-45,70H. The molecule has 77 heavy (non-hydrogen) atoms. The normalized spacial score (nSPS) is 13.1. The lowest BCUT2D eigenvalue weighted by Crippen LogP contribution is -2.05. The lowest BCUT2D eigenvalue weighted by molar-refractivity contribution is 0.987. The number of nitrogens with zero attached hydrogens (tertiary/aromatic N) is 4. The summed E-state index contributed by atoms with van der Waals surface area (Å²) in [6.45, 7) is 0. The molecule has 16 rings (SSSR count). The maximum Gasteiger partial charge on any atom is 0.235 e. The van der Waals surface area contributed by atoms with Crippen LogP contribution in [0.4, 0.5) is 0 Å². The fourth-order valence-electron chi connectivity index (χ4n) is 12.8. The molecule has 1 unspecified atom stereocenters. The Labute approximate surface area is 445 Å². The molecule has 358 valence electrons. The van der Waals surface area contributed by atoms with E-state index >= 15 is 0 Å². The number of hydrogen-bond acceptors (Lipinski definition) is 2. The molecule has 0 spiro atoms. The molecule has 0 N–H and O–H groups in total. The van der Waals surface area contributed by atoms with Crippen LogP contribution in [0.25, 0.3) is 133 Å². The van der Waals surface area contributed by atoms with Gasteiger partial charge < -0.3 is 4.57 Å². The van der Waals surface area contributed by atoms with E-state index < -0.39 is 0 Å². The predicted octanol–water partition coefficient (Wildman–Crippen LogP) is 18.8. The van der Waals surface area contributed by atoms with Gasteiger partial charge in [0.1, 0.15) is 0 Å². The van der Waals surface area contributed by atoms with E-state index in [4.69, 9.17) is 9.97 Å². The Bertz CT molecular complexity index is 4760. The number of para-hydroxylation sites is 2. The van der Waals surface area contributed by atoms with Crippen molar-refractivity contribution < 1.29 is 0 Å². The number of rotatable bonds is 7. The molecule has 1 aliphatic rings. The van der Waals surface area contributed by atoms with Crippen molar-refractivity contribution in [1.29, 1.82) is 0 Å². The fourth-order valence-corrected chi connectivity index (χ4v) is 12.8. The molecule has 1 aliphatic carbocycles. The van der Waals surface area contributed by atoms with Crippen LogP contribution in [0, 0.1) is 0 Å². The van der Waals surface area contributed by atoms with Crippen LogP contribution in [0.2, 0.25) is 0 Å². The second kappa shape index (κ2) is 17.2. The third-order valence-corrected chi connectivity index (χ3v) is 16.2. The second-order valence-corrected chi connectivity index (χ2v) is 20.4. The zero-order chi connectivity index (χ0) is 50.6. The van der Waals surface area contributed by atoms with Gasteiger partial charge in [-0.2, -0.15) is 0 Å². The van der Waals surface area contributed by atoms with Crippen LogP contribution in [0.15, 0.2) is 273 Å². The molecule has 4 heteroatoms. The van der Waals surface area contributed by atoms with Crippen molar-refractivity contribution in [3.8, 4) is 67.5 Å². The SMILES string of the molecule is c1ccc(-c2ccc(-c3cccc(-n4c5ccccc5c5c6c(ccc54)C(c4ccc5c7ccccc7n(-c7nc(-c8cccc9ccccc89)cc(-c8cccc9ccccc89)n7)c5c4)c4ccccc4-6)c3)cc2)cc1. The second-order valence-electron chi connectivity index (χ2n) is 20.4. The number of benzene rings is 12. The van der Waals surface area contributed by atoms with Crippen LogP contribution in [-0.4, -0.2) is 19.1 Å². The Morgan fingerprint density at radius 1 is 0.299 bits per heavy atom. The minimum atomic E-state index is -0.0139. The Morgan fingerprint density at radius 2 is 0.831 bits per heavy atom. The average Bonchev–Trinajstić information content (AvgIpc) is 4.36. The molecule has 15 aromatic rings. The zero-order valence-electron chi connectivity index (χ0n) is 41.8. The van der Waals surface area contributed by atoms with Gasteiger partial charge >= 0.3 is 0 Å². The van der Waals surface area contributed by atoms with E-state index in [1.165, 1.54) is 82.6 Å². The quantitative estimate of drug-likeness (QED) is 0.160. The van der Waals surface area contributed by atoms with Crippen molar-refractivity contribution in [2.24, 2.45) is 0 Å². The zero-order valence-corrected chi connectivity index (χ0v) is 41.8. The fraction of sp³-hybridized carbons (Fsp3) is 0.0137. The van der Waals surface area contributed by atoms with E-state index in [0.29, 0.717) is 5.95 Å². The molecule has 0 fully saturated rings. The van der Waals surface area contributed by atoms with Crippen molar-refractivity contribution in [3.63, 3.8) is 0 Å². The highest BCUT2D eigenvalue weighted by Gasteiger charge is 2.34. The summed E-state index contributed by atoms with van der Waals surface area (Å²) in [5, 5.41) is 9.50. The largest absolute Gasteiger partial charge is 0.309 e. The monoisotopic (exact) mass is 978 g/mol. The number of fused-ring (bicyclic) bond motifs is 12. The van der Waals surface area contributed by atoms with Crippen LogP contribution in [-0.2, 0) is 0 Å². The molecule has 4 nitrogen and oxygen atoms in total. The molecule has 0 amide bonds. The highest BCUT2D eigenvalue weighted by Crippen LogP contribution is 2.53. The van der Waals surface area contributed by atoms with Gasteiger partial charge in [0, 0.05) is 44.3 Å². The van der Waals surface area contributed by atoms with E-state index in [0.717, 1.165) is 60.8 Å². The van der Waals surface area contributed by atoms with E-state index in [1.807, 2.05) is 0 Å². The van der Waals surface area contributed by atoms with Gasteiger partial charge in [-0.25, -0.2) is 9.97 Å². The lowest BCUT2D eigenvalue weighted by Gasteiger charge is -2.17. The van der Waals surface area contributed by atoms with Gasteiger partial charge in [-0.1, -0.05) is 231 Å². The van der Waals surface area contributed by atoms with E-state index in [1.54, 1.807) is 0 Å². The summed E-state index contributed by atoms with van der Waals surface area (Å²) in [5.41, 5.74) is 20.8. The maximum absolute atomic E-state index is 5.58. The summed E-state index contributed by atoms with van der Waals surface area (Å²) in [6, 6.07) is 99.5. The highest BCUT2D eigenvalue weighted by molar-refractivity contribution is 6.18. The van der Waals surface area contributed by atoms with Crippen molar-refractivity contribution in [3.05, 3.63) is 290 Å². The first-order valence-electron chi connectivity index (χ1n) is 26.5. The predicted molar refractivity (Wildman–Crippen MR) is 320 cm³/mol. The van der Waals surface area contributed by atoms with Gasteiger partial charge in [0.05, 0.1) is 33.5 Å². The minimum absolute atomic E-state index is 0.0139. The highest BCUT2D eigenvalue weighted by atomic mass is 15.2. The Kier molecular flexibility index (Phi) is 9.67. The molecule has 0 aliphatic heterocycles. The topological polar surface area (TPSA) is 35.6 Å². The van der Waals surface area contributed by atoms with Crippen LogP contribution in [0.3, 0.4) is 0 Å². The lowest BCUT2D eigenvalue weighted by atomic mass is 9.88. The van der Waals surface area contributed by atoms with E-state index in [9.17, 15) is 0 Å². The summed E-state index contributed by atoms with van der Waals surface area (Å²) >= 11 is 0. The molecule has 0 radical (unpaired) electrons. The number of aromatic nitrogens is 4. The van der Waals surface area contributed by atoms with Gasteiger partial charge in [0.25, 0.3) is 0 Å². The molecule has 0 bridgehead atoms. The number of hydrogen-bond donors (Lipinski definition) is 0. The third-order valence-electron chi connectivity index (χ3n) is 16.2. The smallest absolute Gasteiger partial charge is 0.235 e. The molecule has 12 aromatic carbocycles. The van der Waals surface area contributed by atoms with Gasteiger partial charge in [0.2, 0.25) is 5.95 Å². The van der Waals surface area contributed by atoms with Crippen LogP contribution >= 0.6 is 0 Å². The summed E-state index contributed by atoms with van der Waals surface area (Å²) in [5.74, 6) is 0.622. The van der Waals surface area contributed by atoms with Crippen LogP contribution in [0.5, 0.6) is 0 Å². The first-order valence-corrected chi connectivity index (χ1v) is 26.5. The van der Waals surface area contributed by atoms with Gasteiger partial charge in [-0.15, -0.1) is 0 Å². The summed E-state index contributed by atoms with van der Waals surface area (Å²) in [4.78, 5) is 11.2. The van der Waals surface area contributed by atoms with Gasteiger partial charge in [-0.3, -0.25) is 4.57 Å². The summed E-state index contributed by atoms with van der Waals surface area (Å²) in [7, 11) is 0. The molecule has 1 atom stereocenters. The van der Waals surface area contributed by atoms with Crippen molar-refractivity contribution in [2.75, 3.05) is 0 Å². The summed E-state index contributed by atoms with van der Waals surface area (Å²) < 4.78 is 4.77. The van der Waals surface area contributed by atoms with Gasteiger partial charge in [0.15, 0.2) is 0 Å². The van der Waals surface area contributed by atoms with Crippen molar-refractivity contribution in [1.82, 2.24) is 19.1 Å². The third kappa shape index (κ3) is 6.79. The molecular weight excluding hydrogens is 933 g/mol. The first kappa shape index (κ1) is 43.3.